The van der Waals surface area contributed by atoms with Crippen molar-refractivity contribution in [3.05, 3.63) is 64.7 Å². The molecule has 0 bridgehead atoms. The van der Waals surface area contributed by atoms with Gasteiger partial charge in [-0.1, -0.05) is 29.8 Å². The molecule has 22 heavy (non-hydrogen) atoms. The SMILES string of the molecule is CN(CCOc1ccccc1Cl)C(=O)c1cccc(C#N)c1. The highest BCUT2D eigenvalue weighted by atomic mass is 35.5. The molecule has 0 fully saturated rings. The molecule has 1 amide bonds. The van der Waals surface area contributed by atoms with E-state index < -0.39 is 0 Å². The summed E-state index contributed by atoms with van der Waals surface area (Å²) in [7, 11) is 1.69. The van der Waals surface area contributed by atoms with Crippen LogP contribution in [0.4, 0.5) is 0 Å². The molecule has 0 heterocycles. The zero-order valence-corrected chi connectivity index (χ0v) is 12.9. The first-order valence-corrected chi connectivity index (χ1v) is 7.12. The summed E-state index contributed by atoms with van der Waals surface area (Å²) >= 11 is 6.00. The van der Waals surface area contributed by atoms with E-state index in [9.17, 15) is 4.79 Å². The number of carbonyl (C=O) groups excluding carboxylic acids is 1. The fourth-order valence-corrected chi connectivity index (χ4v) is 2.09. The lowest BCUT2D eigenvalue weighted by Crippen LogP contribution is -2.30. The monoisotopic (exact) mass is 314 g/mol. The first-order chi connectivity index (χ1) is 10.6. The van der Waals surface area contributed by atoms with Crippen LogP contribution < -0.4 is 4.74 Å². The lowest BCUT2D eigenvalue weighted by atomic mass is 10.1. The molecule has 2 aromatic rings. The molecule has 0 saturated heterocycles. The first kappa shape index (κ1) is 15.9. The highest BCUT2D eigenvalue weighted by Gasteiger charge is 2.12. The predicted molar refractivity (Wildman–Crippen MR) is 85.1 cm³/mol. The maximum atomic E-state index is 12.3. The summed E-state index contributed by atoms with van der Waals surface area (Å²) in [6, 6.07) is 15.8. The Kier molecular flexibility index (Phi) is 5.40. The highest BCUT2D eigenvalue weighted by Crippen LogP contribution is 2.22. The predicted octanol–water partition coefficient (Wildman–Crippen LogP) is 3.36. The molecule has 2 aromatic carbocycles. The van der Waals surface area contributed by atoms with E-state index in [2.05, 4.69) is 0 Å². The number of amides is 1. The molecule has 0 unspecified atom stereocenters. The molecule has 0 saturated carbocycles. The summed E-state index contributed by atoms with van der Waals surface area (Å²) in [5.74, 6) is 0.441. The Balaban J connectivity index is 1.92. The van der Waals surface area contributed by atoms with Crippen molar-refractivity contribution >= 4 is 17.5 Å². The molecule has 2 rings (SSSR count). The summed E-state index contributed by atoms with van der Waals surface area (Å²) in [4.78, 5) is 13.8. The normalized spacial score (nSPS) is 9.86. The van der Waals surface area contributed by atoms with Crippen molar-refractivity contribution in [3.8, 4) is 11.8 Å². The number of ether oxygens (including phenoxy) is 1. The number of nitriles is 1. The van der Waals surface area contributed by atoms with Crippen LogP contribution in [0.1, 0.15) is 15.9 Å². The quantitative estimate of drug-likeness (QED) is 0.850. The summed E-state index contributed by atoms with van der Waals surface area (Å²) in [6.45, 7) is 0.755. The minimum Gasteiger partial charge on any atom is -0.490 e. The Labute approximate surface area is 134 Å². The zero-order valence-electron chi connectivity index (χ0n) is 12.1. The van der Waals surface area contributed by atoms with Crippen LogP contribution >= 0.6 is 11.6 Å². The standard InChI is InChI=1S/C17H15ClN2O2/c1-20(9-10-22-16-8-3-2-7-15(16)18)17(21)14-6-4-5-13(11-14)12-19/h2-8,11H,9-10H2,1H3. The van der Waals surface area contributed by atoms with Gasteiger partial charge in [-0.05, 0) is 30.3 Å². The van der Waals surface area contributed by atoms with Crippen molar-refractivity contribution in [1.82, 2.24) is 4.90 Å². The third-order valence-electron chi connectivity index (χ3n) is 3.11. The minimum absolute atomic E-state index is 0.153. The molecular formula is C17H15ClN2O2. The van der Waals surface area contributed by atoms with Gasteiger partial charge in [0, 0.05) is 12.6 Å². The molecule has 0 radical (unpaired) electrons. The lowest BCUT2D eigenvalue weighted by Gasteiger charge is -2.18. The van der Waals surface area contributed by atoms with E-state index in [1.54, 1.807) is 48.3 Å². The number of carbonyl (C=O) groups is 1. The summed E-state index contributed by atoms with van der Waals surface area (Å²) in [5.41, 5.74) is 0.950. The Morgan fingerprint density at radius 1 is 1.27 bits per heavy atom. The molecule has 0 aromatic heterocycles. The summed E-state index contributed by atoms with van der Waals surface area (Å²) < 4.78 is 5.56. The van der Waals surface area contributed by atoms with Crippen LogP contribution in [0.15, 0.2) is 48.5 Å². The van der Waals surface area contributed by atoms with Gasteiger partial charge in [0.25, 0.3) is 5.91 Å². The molecular weight excluding hydrogens is 300 g/mol. The third kappa shape index (κ3) is 4.00. The van der Waals surface area contributed by atoms with Gasteiger partial charge in [0.15, 0.2) is 0 Å². The topological polar surface area (TPSA) is 53.3 Å². The van der Waals surface area contributed by atoms with E-state index in [1.165, 1.54) is 0 Å². The number of hydrogen-bond acceptors (Lipinski definition) is 3. The van der Waals surface area contributed by atoms with Gasteiger partial charge in [0.05, 0.1) is 23.2 Å². The molecule has 0 aliphatic rings. The summed E-state index contributed by atoms with van der Waals surface area (Å²) in [6.07, 6.45) is 0. The number of benzene rings is 2. The largest absolute Gasteiger partial charge is 0.490 e. The highest BCUT2D eigenvalue weighted by molar-refractivity contribution is 6.32. The average Bonchev–Trinajstić information content (AvgIpc) is 2.55. The van der Waals surface area contributed by atoms with E-state index >= 15 is 0 Å². The maximum Gasteiger partial charge on any atom is 0.253 e. The number of para-hydroxylation sites is 1. The van der Waals surface area contributed by atoms with E-state index in [-0.39, 0.29) is 5.91 Å². The molecule has 0 spiro atoms. The Bertz CT molecular complexity index is 710. The van der Waals surface area contributed by atoms with Gasteiger partial charge in [0.2, 0.25) is 0 Å². The molecule has 0 aliphatic carbocycles. The first-order valence-electron chi connectivity index (χ1n) is 6.75. The van der Waals surface area contributed by atoms with Gasteiger partial charge >= 0.3 is 0 Å². The van der Waals surface area contributed by atoms with E-state index in [1.807, 2.05) is 18.2 Å². The van der Waals surface area contributed by atoms with Crippen molar-refractivity contribution in [2.24, 2.45) is 0 Å². The van der Waals surface area contributed by atoms with Gasteiger partial charge in [-0.15, -0.1) is 0 Å². The van der Waals surface area contributed by atoms with Crippen molar-refractivity contribution in [2.45, 2.75) is 0 Å². The number of likely N-dealkylation sites (N-methyl/N-ethyl adjacent to an activating group) is 1. The van der Waals surface area contributed by atoms with E-state index in [0.29, 0.717) is 35.1 Å². The average molecular weight is 315 g/mol. The second kappa shape index (κ2) is 7.48. The molecule has 5 heteroatoms. The fraction of sp³-hybridized carbons (Fsp3) is 0.176. The van der Waals surface area contributed by atoms with Crippen LogP contribution in [-0.2, 0) is 0 Å². The van der Waals surface area contributed by atoms with Crippen LogP contribution in [0.25, 0.3) is 0 Å². The number of halogens is 1. The van der Waals surface area contributed by atoms with Gasteiger partial charge < -0.3 is 9.64 Å². The van der Waals surface area contributed by atoms with Crippen molar-refractivity contribution in [2.75, 3.05) is 20.2 Å². The minimum atomic E-state index is -0.153. The van der Waals surface area contributed by atoms with Gasteiger partial charge in [-0.2, -0.15) is 5.26 Å². The number of hydrogen-bond donors (Lipinski definition) is 0. The fourth-order valence-electron chi connectivity index (χ4n) is 1.90. The van der Waals surface area contributed by atoms with Gasteiger partial charge in [-0.25, -0.2) is 0 Å². The molecule has 0 aliphatic heterocycles. The Morgan fingerprint density at radius 2 is 2.05 bits per heavy atom. The van der Waals surface area contributed by atoms with Crippen LogP contribution in [0.5, 0.6) is 5.75 Å². The molecule has 4 nitrogen and oxygen atoms in total. The van der Waals surface area contributed by atoms with Crippen molar-refractivity contribution < 1.29 is 9.53 Å². The van der Waals surface area contributed by atoms with Gasteiger partial charge in [-0.3, -0.25) is 4.79 Å². The Hall–Kier alpha value is -2.51. The maximum absolute atomic E-state index is 12.3. The van der Waals surface area contributed by atoms with Crippen LogP contribution in [0.3, 0.4) is 0 Å². The Morgan fingerprint density at radius 3 is 2.77 bits per heavy atom. The molecule has 0 N–H and O–H groups in total. The number of nitrogens with zero attached hydrogens (tertiary/aromatic N) is 2. The second-order valence-electron chi connectivity index (χ2n) is 4.70. The van der Waals surface area contributed by atoms with Crippen LogP contribution in [-0.4, -0.2) is 31.0 Å². The number of rotatable bonds is 5. The smallest absolute Gasteiger partial charge is 0.253 e. The van der Waals surface area contributed by atoms with Crippen molar-refractivity contribution in [1.29, 1.82) is 5.26 Å². The van der Waals surface area contributed by atoms with E-state index in [4.69, 9.17) is 21.6 Å². The van der Waals surface area contributed by atoms with Crippen LogP contribution in [0, 0.1) is 11.3 Å². The summed E-state index contributed by atoms with van der Waals surface area (Å²) in [5, 5.41) is 9.41. The second-order valence-corrected chi connectivity index (χ2v) is 5.11. The third-order valence-corrected chi connectivity index (χ3v) is 3.42. The van der Waals surface area contributed by atoms with Crippen molar-refractivity contribution in [3.63, 3.8) is 0 Å². The zero-order chi connectivity index (χ0) is 15.9. The van der Waals surface area contributed by atoms with Gasteiger partial charge in [0.1, 0.15) is 12.4 Å². The van der Waals surface area contributed by atoms with Crippen LogP contribution in [0.2, 0.25) is 5.02 Å². The lowest BCUT2D eigenvalue weighted by molar-refractivity contribution is 0.0774. The van der Waals surface area contributed by atoms with E-state index in [0.717, 1.165) is 0 Å². The molecule has 112 valence electrons. The molecule has 0 atom stereocenters.